The van der Waals surface area contributed by atoms with E-state index in [-0.39, 0.29) is 5.91 Å². The smallest absolute Gasteiger partial charge is 0.230 e. The molecule has 3 nitrogen and oxygen atoms in total. The Balaban J connectivity index is 1.37. The summed E-state index contributed by atoms with van der Waals surface area (Å²) in [6.07, 6.45) is 10.2. The topological polar surface area (TPSA) is 42.0 Å². The van der Waals surface area contributed by atoms with E-state index < -0.39 is 0 Å². The first-order valence-electron chi connectivity index (χ1n) is 8.12. The summed E-state index contributed by atoms with van der Waals surface area (Å²) in [7, 11) is 0. The van der Waals surface area contributed by atoms with Crippen molar-refractivity contribution in [2.45, 2.75) is 69.1 Å². The van der Waals surface area contributed by atoms with Gasteiger partial charge in [0.05, 0.1) is 16.5 Å². The number of aromatic nitrogens is 1. The van der Waals surface area contributed by atoms with Crippen molar-refractivity contribution in [3.8, 4) is 0 Å². The Morgan fingerprint density at radius 3 is 2.71 bits per heavy atom. The Hall–Kier alpha value is -0.550. The van der Waals surface area contributed by atoms with Crippen LogP contribution in [0, 0.1) is 0 Å². The second-order valence-corrected chi connectivity index (χ2v) is 8.08. The summed E-state index contributed by atoms with van der Waals surface area (Å²) in [5.74, 6) is 2.33. The third-order valence-electron chi connectivity index (χ3n) is 4.48. The number of hydrogen-bond acceptors (Lipinski definition) is 4. The van der Waals surface area contributed by atoms with Gasteiger partial charge in [0, 0.05) is 23.1 Å². The first-order chi connectivity index (χ1) is 10.3. The number of thiazole rings is 1. The molecular weight excluding hydrogens is 300 g/mol. The second-order valence-electron chi connectivity index (χ2n) is 6.20. The summed E-state index contributed by atoms with van der Waals surface area (Å²) >= 11 is 3.49. The number of carbonyl (C=O) groups excluding carboxylic acids is 1. The second kappa shape index (κ2) is 7.63. The Morgan fingerprint density at radius 2 is 1.95 bits per heavy atom. The number of hydrogen-bond donors (Lipinski definition) is 1. The zero-order valence-corrected chi connectivity index (χ0v) is 14.1. The van der Waals surface area contributed by atoms with Crippen molar-refractivity contribution >= 4 is 29.0 Å². The molecule has 2 aliphatic rings. The van der Waals surface area contributed by atoms with Gasteiger partial charge in [-0.15, -0.1) is 23.1 Å². The lowest BCUT2D eigenvalue weighted by Gasteiger charge is -2.11. The van der Waals surface area contributed by atoms with Gasteiger partial charge in [-0.25, -0.2) is 4.98 Å². The highest BCUT2D eigenvalue weighted by Crippen LogP contribution is 2.35. The molecule has 2 aliphatic carbocycles. The molecule has 0 unspecified atom stereocenters. The van der Waals surface area contributed by atoms with Gasteiger partial charge < -0.3 is 5.32 Å². The van der Waals surface area contributed by atoms with E-state index in [0.29, 0.717) is 17.7 Å². The molecule has 0 spiro atoms. The average Bonchev–Trinajstić information content (AvgIpc) is 3.21. The number of amides is 1. The van der Waals surface area contributed by atoms with Crippen molar-refractivity contribution in [3.63, 3.8) is 0 Å². The molecule has 0 atom stereocenters. The first-order valence-corrected chi connectivity index (χ1v) is 10.2. The van der Waals surface area contributed by atoms with Crippen LogP contribution in [0.4, 0.5) is 0 Å². The van der Waals surface area contributed by atoms with Crippen LogP contribution in [0.3, 0.4) is 0 Å². The SMILES string of the molecule is O=C(CSCc1csc(C2CCCC2)n1)NC1CCCC1. The van der Waals surface area contributed by atoms with E-state index in [1.54, 1.807) is 23.1 Å². The highest BCUT2D eigenvalue weighted by atomic mass is 32.2. The summed E-state index contributed by atoms with van der Waals surface area (Å²) in [6, 6.07) is 0.436. The third-order valence-corrected chi connectivity index (χ3v) is 6.50. The van der Waals surface area contributed by atoms with E-state index in [1.807, 2.05) is 0 Å². The predicted molar refractivity (Wildman–Crippen MR) is 89.9 cm³/mol. The van der Waals surface area contributed by atoms with Gasteiger partial charge in [-0.2, -0.15) is 0 Å². The fraction of sp³-hybridized carbons (Fsp3) is 0.750. The lowest BCUT2D eigenvalue weighted by Crippen LogP contribution is -2.33. The number of nitrogens with zero attached hydrogens (tertiary/aromatic N) is 1. The van der Waals surface area contributed by atoms with Gasteiger partial charge in [0.25, 0.3) is 0 Å². The van der Waals surface area contributed by atoms with Crippen LogP contribution in [-0.2, 0) is 10.5 Å². The minimum atomic E-state index is 0.193. The number of thioether (sulfide) groups is 1. The summed E-state index contributed by atoms with van der Waals surface area (Å²) in [5.41, 5.74) is 1.15. The molecule has 2 saturated carbocycles. The molecule has 1 N–H and O–H groups in total. The van der Waals surface area contributed by atoms with Crippen LogP contribution in [0.2, 0.25) is 0 Å². The lowest BCUT2D eigenvalue weighted by molar-refractivity contribution is -0.119. The zero-order chi connectivity index (χ0) is 14.5. The van der Waals surface area contributed by atoms with Crippen molar-refractivity contribution in [1.82, 2.24) is 10.3 Å². The quantitative estimate of drug-likeness (QED) is 0.857. The lowest BCUT2D eigenvalue weighted by atomic mass is 10.1. The molecular formula is C16H24N2OS2. The molecule has 0 bridgehead atoms. The van der Waals surface area contributed by atoms with Gasteiger partial charge in [0.2, 0.25) is 5.91 Å². The largest absolute Gasteiger partial charge is 0.353 e. The predicted octanol–water partition coefficient (Wildman–Crippen LogP) is 4.09. The molecule has 1 heterocycles. The Labute approximate surface area is 135 Å². The number of carbonyl (C=O) groups is 1. The first kappa shape index (κ1) is 15.3. The van der Waals surface area contributed by atoms with E-state index in [4.69, 9.17) is 4.98 Å². The summed E-state index contributed by atoms with van der Waals surface area (Å²) < 4.78 is 0. The fourth-order valence-corrected chi connectivity index (χ4v) is 5.16. The molecule has 0 aromatic carbocycles. The van der Waals surface area contributed by atoms with Gasteiger partial charge >= 0.3 is 0 Å². The van der Waals surface area contributed by atoms with Crippen LogP contribution in [0.5, 0.6) is 0 Å². The maximum Gasteiger partial charge on any atom is 0.230 e. The molecule has 0 radical (unpaired) electrons. The molecule has 5 heteroatoms. The monoisotopic (exact) mass is 324 g/mol. The van der Waals surface area contributed by atoms with E-state index in [0.717, 1.165) is 24.3 Å². The zero-order valence-electron chi connectivity index (χ0n) is 12.5. The standard InChI is InChI=1S/C16H24N2OS2/c19-15(17-13-7-3-4-8-13)11-20-9-14-10-21-16(18-14)12-5-1-2-6-12/h10,12-13H,1-9,11H2,(H,17,19). The number of nitrogens with one attached hydrogen (secondary N) is 1. The highest BCUT2D eigenvalue weighted by Gasteiger charge is 2.20. The molecule has 0 saturated heterocycles. The van der Waals surface area contributed by atoms with Crippen molar-refractivity contribution in [3.05, 3.63) is 16.1 Å². The molecule has 1 aromatic heterocycles. The Kier molecular flexibility index (Phi) is 5.58. The van der Waals surface area contributed by atoms with Gasteiger partial charge in [0.1, 0.15) is 0 Å². The van der Waals surface area contributed by atoms with Crippen molar-refractivity contribution < 1.29 is 4.79 Å². The van der Waals surface area contributed by atoms with Crippen LogP contribution < -0.4 is 5.32 Å². The third kappa shape index (κ3) is 4.46. The van der Waals surface area contributed by atoms with Crippen LogP contribution in [-0.4, -0.2) is 22.7 Å². The molecule has 1 amide bonds. The van der Waals surface area contributed by atoms with Crippen LogP contribution >= 0.6 is 23.1 Å². The van der Waals surface area contributed by atoms with Gasteiger partial charge in [-0.3, -0.25) is 4.79 Å². The fourth-order valence-electron chi connectivity index (χ4n) is 3.34. The van der Waals surface area contributed by atoms with E-state index >= 15 is 0 Å². The van der Waals surface area contributed by atoms with Crippen molar-refractivity contribution in [2.75, 3.05) is 5.75 Å². The van der Waals surface area contributed by atoms with E-state index in [2.05, 4.69) is 10.7 Å². The normalized spacial score (nSPS) is 20.2. The highest BCUT2D eigenvalue weighted by molar-refractivity contribution is 7.99. The Morgan fingerprint density at radius 1 is 1.24 bits per heavy atom. The molecule has 21 heavy (non-hydrogen) atoms. The van der Waals surface area contributed by atoms with Gasteiger partial charge in [-0.1, -0.05) is 25.7 Å². The molecule has 2 fully saturated rings. The summed E-state index contributed by atoms with van der Waals surface area (Å²) in [6.45, 7) is 0. The summed E-state index contributed by atoms with van der Waals surface area (Å²) in [4.78, 5) is 16.6. The molecule has 1 aromatic rings. The molecule has 116 valence electrons. The van der Waals surface area contributed by atoms with Crippen LogP contribution in [0.25, 0.3) is 0 Å². The van der Waals surface area contributed by atoms with Gasteiger partial charge in [0.15, 0.2) is 0 Å². The average molecular weight is 325 g/mol. The summed E-state index contributed by atoms with van der Waals surface area (Å²) in [5, 5.41) is 6.63. The van der Waals surface area contributed by atoms with Crippen LogP contribution in [0.1, 0.15) is 68.0 Å². The molecule has 3 rings (SSSR count). The molecule has 0 aliphatic heterocycles. The van der Waals surface area contributed by atoms with E-state index in [9.17, 15) is 4.79 Å². The maximum absolute atomic E-state index is 11.9. The maximum atomic E-state index is 11.9. The van der Waals surface area contributed by atoms with Crippen molar-refractivity contribution in [1.29, 1.82) is 0 Å². The number of rotatable bonds is 6. The van der Waals surface area contributed by atoms with E-state index in [1.165, 1.54) is 43.5 Å². The minimum Gasteiger partial charge on any atom is -0.353 e. The van der Waals surface area contributed by atoms with Crippen molar-refractivity contribution in [2.24, 2.45) is 0 Å². The Bertz CT molecular complexity index is 463. The minimum absolute atomic E-state index is 0.193. The van der Waals surface area contributed by atoms with Gasteiger partial charge in [-0.05, 0) is 25.7 Å². The van der Waals surface area contributed by atoms with Crippen LogP contribution in [0.15, 0.2) is 5.38 Å².